The quantitative estimate of drug-likeness (QED) is 0.341. The maximum atomic E-state index is 12.7. The van der Waals surface area contributed by atoms with Gasteiger partial charge in [0.2, 0.25) is 0 Å². The van der Waals surface area contributed by atoms with Gasteiger partial charge in [0.25, 0.3) is 10.1 Å². The van der Waals surface area contributed by atoms with E-state index in [1.54, 1.807) is 6.08 Å². The summed E-state index contributed by atoms with van der Waals surface area (Å²) in [6, 6.07) is 11.2. The molecule has 0 atom stereocenters. The molecule has 3 nitrogen and oxygen atoms in total. The van der Waals surface area contributed by atoms with Crippen LogP contribution in [0.5, 0.6) is 0 Å². The second-order valence-corrected chi connectivity index (χ2v) is 15.9. The number of rotatable bonds is 10. The summed E-state index contributed by atoms with van der Waals surface area (Å²) in [5.41, 5.74) is 0.835. The van der Waals surface area contributed by atoms with Crippen LogP contribution in [0.15, 0.2) is 34.9 Å². The SMILES string of the molecule is CCCC(C)(C)[Si](CC(C)C)(CC(C)C)C(=Cc1ccccc1)S(=O)(=O)O. The zero-order valence-electron chi connectivity index (χ0n) is 18.1. The fraction of sp³-hybridized carbons (Fsp3) is 0.636. The lowest BCUT2D eigenvalue weighted by Crippen LogP contribution is -2.51. The van der Waals surface area contributed by atoms with Gasteiger partial charge in [-0.3, -0.25) is 4.55 Å². The molecule has 0 bridgehead atoms. The van der Waals surface area contributed by atoms with Crippen LogP contribution in [-0.4, -0.2) is 21.0 Å². The Kier molecular flexibility index (Phi) is 8.51. The van der Waals surface area contributed by atoms with Crippen LogP contribution in [0.25, 0.3) is 6.08 Å². The third-order valence-corrected chi connectivity index (χ3v) is 15.1. The van der Waals surface area contributed by atoms with Gasteiger partial charge >= 0.3 is 0 Å². The first-order valence-electron chi connectivity index (χ1n) is 10.1. The molecule has 154 valence electrons. The minimum atomic E-state index is -4.29. The molecular weight excluding hydrogens is 372 g/mol. The molecule has 0 saturated heterocycles. The summed E-state index contributed by atoms with van der Waals surface area (Å²) in [4.78, 5) is 0. The minimum Gasteiger partial charge on any atom is -0.282 e. The molecular formula is C22H38O3SSi. The van der Waals surface area contributed by atoms with Crippen molar-refractivity contribution in [3.8, 4) is 0 Å². The van der Waals surface area contributed by atoms with Crippen molar-refractivity contribution in [2.75, 3.05) is 0 Å². The fourth-order valence-corrected chi connectivity index (χ4v) is 14.5. The van der Waals surface area contributed by atoms with Gasteiger partial charge in [0.15, 0.2) is 0 Å². The molecule has 0 aromatic heterocycles. The third-order valence-electron chi connectivity index (χ3n) is 5.53. The zero-order valence-corrected chi connectivity index (χ0v) is 19.9. The average molecular weight is 411 g/mol. The van der Waals surface area contributed by atoms with Gasteiger partial charge in [-0.05, 0) is 40.6 Å². The van der Waals surface area contributed by atoms with E-state index in [0.717, 1.165) is 30.5 Å². The topological polar surface area (TPSA) is 54.4 Å². The molecule has 0 unspecified atom stereocenters. The molecule has 27 heavy (non-hydrogen) atoms. The normalized spacial score (nSPS) is 14.2. The van der Waals surface area contributed by atoms with Crippen LogP contribution in [0, 0.1) is 11.8 Å². The summed E-state index contributed by atoms with van der Waals surface area (Å²) >= 11 is 0. The lowest BCUT2D eigenvalue weighted by atomic mass is 10.1. The zero-order chi connectivity index (χ0) is 20.9. The van der Waals surface area contributed by atoms with Crippen LogP contribution in [0.1, 0.15) is 66.9 Å². The van der Waals surface area contributed by atoms with Crippen molar-refractivity contribution in [1.29, 1.82) is 0 Å². The highest BCUT2D eigenvalue weighted by atomic mass is 32.2. The van der Waals surface area contributed by atoms with E-state index in [2.05, 4.69) is 48.5 Å². The van der Waals surface area contributed by atoms with Crippen LogP contribution in [0.4, 0.5) is 0 Å². The largest absolute Gasteiger partial charge is 0.286 e. The van der Waals surface area contributed by atoms with E-state index >= 15 is 0 Å². The second kappa shape index (κ2) is 9.53. The maximum absolute atomic E-state index is 12.7. The third kappa shape index (κ3) is 6.30. The van der Waals surface area contributed by atoms with Gasteiger partial charge in [0, 0.05) is 0 Å². The number of benzene rings is 1. The predicted molar refractivity (Wildman–Crippen MR) is 120 cm³/mol. The smallest absolute Gasteiger partial charge is 0.282 e. The monoisotopic (exact) mass is 410 g/mol. The van der Waals surface area contributed by atoms with Crippen LogP contribution in [0.3, 0.4) is 0 Å². The van der Waals surface area contributed by atoms with Crippen molar-refractivity contribution in [1.82, 2.24) is 0 Å². The summed E-state index contributed by atoms with van der Waals surface area (Å²) in [6.45, 7) is 15.2. The van der Waals surface area contributed by atoms with Crippen LogP contribution in [0.2, 0.25) is 17.1 Å². The highest BCUT2D eigenvalue weighted by Crippen LogP contribution is 2.53. The summed E-state index contributed by atoms with van der Waals surface area (Å²) in [5.74, 6) is 0.736. The first-order chi connectivity index (χ1) is 12.4. The van der Waals surface area contributed by atoms with Gasteiger partial charge in [-0.15, -0.1) is 0 Å². The molecule has 0 heterocycles. The van der Waals surface area contributed by atoms with E-state index in [1.807, 2.05) is 30.3 Å². The van der Waals surface area contributed by atoms with Gasteiger partial charge < -0.3 is 0 Å². The van der Waals surface area contributed by atoms with Crippen LogP contribution >= 0.6 is 0 Å². The molecule has 0 fully saturated rings. The van der Waals surface area contributed by atoms with Crippen molar-refractivity contribution >= 4 is 24.3 Å². The summed E-state index contributed by atoms with van der Waals surface area (Å²) in [7, 11) is -6.89. The van der Waals surface area contributed by atoms with Gasteiger partial charge in [-0.25, -0.2) is 0 Å². The second-order valence-electron chi connectivity index (χ2n) is 9.31. The van der Waals surface area contributed by atoms with Crippen LogP contribution in [-0.2, 0) is 10.1 Å². The van der Waals surface area contributed by atoms with Gasteiger partial charge in [0.1, 0.15) is 8.07 Å². The van der Waals surface area contributed by atoms with Gasteiger partial charge in [-0.2, -0.15) is 8.42 Å². The molecule has 0 saturated carbocycles. The minimum absolute atomic E-state index is 0.132. The Morgan fingerprint density at radius 2 is 1.56 bits per heavy atom. The first kappa shape index (κ1) is 24.1. The van der Waals surface area contributed by atoms with Gasteiger partial charge in [-0.1, -0.05) is 91.6 Å². The molecule has 0 aliphatic carbocycles. The molecule has 0 radical (unpaired) electrons. The van der Waals surface area contributed by atoms with Crippen molar-refractivity contribution in [3.05, 3.63) is 40.4 Å². The molecule has 1 aromatic carbocycles. The summed E-state index contributed by atoms with van der Waals surface area (Å²) in [6.07, 6.45) is 3.71. The summed E-state index contributed by atoms with van der Waals surface area (Å²) in [5, 5.41) is -0.132. The van der Waals surface area contributed by atoms with E-state index in [1.165, 1.54) is 0 Å². The van der Waals surface area contributed by atoms with Crippen molar-refractivity contribution in [3.63, 3.8) is 0 Å². The maximum Gasteiger partial charge on any atom is 0.286 e. The van der Waals surface area contributed by atoms with Gasteiger partial charge in [0.05, 0.1) is 4.53 Å². The number of hydrogen-bond acceptors (Lipinski definition) is 2. The Morgan fingerprint density at radius 1 is 1.07 bits per heavy atom. The lowest BCUT2D eigenvalue weighted by molar-refractivity contribution is 0.489. The average Bonchev–Trinajstić information content (AvgIpc) is 2.50. The molecule has 0 aliphatic rings. The van der Waals surface area contributed by atoms with E-state index in [9.17, 15) is 13.0 Å². The van der Waals surface area contributed by atoms with E-state index < -0.39 is 18.2 Å². The Bertz CT molecular complexity index is 709. The van der Waals surface area contributed by atoms with E-state index in [4.69, 9.17) is 0 Å². The Balaban J connectivity index is 3.85. The molecule has 1 aromatic rings. The summed E-state index contributed by atoms with van der Waals surface area (Å²) < 4.78 is 36.1. The molecule has 5 heteroatoms. The van der Waals surface area contributed by atoms with E-state index in [0.29, 0.717) is 16.4 Å². The lowest BCUT2D eigenvalue weighted by Gasteiger charge is -2.48. The predicted octanol–water partition coefficient (Wildman–Crippen LogP) is 6.80. The fourth-order valence-electron chi connectivity index (χ4n) is 4.59. The molecule has 0 spiro atoms. The standard InChI is InChI=1S/C22H38O3SSi/c1-8-14-22(6,7)27(16-18(2)3,17-19(4)5)21(26(23,24)25)15-20-12-10-9-11-13-20/h9-13,15,18-19H,8,14,16-17H2,1-7H3,(H,23,24,25). The van der Waals surface area contributed by atoms with E-state index in [-0.39, 0.29) is 5.04 Å². The highest BCUT2D eigenvalue weighted by Gasteiger charge is 2.53. The Labute approximate surface area is 168 Å². The Morgan fingerprint density at radius 3 is 1.93 bits per heavy atom. The highest BCUT2D eigenvalue weighted by molar-refractivity contribution is 7.92. The molecule has 0 amide bonds. The first-order valence-corrected chi connectivity index (χ1v) is 14.0. The van der Waals surface area contributed by atoms with Crippen molar-refractivity contribution in [2.24, 2.45) is 11.8 Å². The molecule has 0 aliphatic heterocycles. The molecule has 1 rings (SSSR count). The van der Waals surface area contributed by atoms with Crippen molar-refractivity contribution in [2.45, 2.75) is 78.4 Å². The van der Waals surface area contributed by atoms with Crippen LogP contribution < -0.4 is 0 Å². The van der Waals surface area contributed by atoms with Crippen molar-refractivity contribution < 1.29 is 13.0 Å². The number of hydrogen-bond donors (Lipinski definition) is 1. The molecule has 1 N–H and O–H groups in total. The Hall–Kier alpha value is -0.913.